The summed E-state index contributed by atoms with van der Waals surface area (Å²) in [6.07, 6.45) is 1.53. The number of morpholine rings is 1. The summed E-state index contributed by atoms with van der Waals surface area (Å²) >= 11 is 0. The highest BCUT2D eigenvalue weighted by molar-refractivity contribution is 5.49. The molecule has 1 saturated heterocycles. The van der Waals surface area contributed by atoms with E-state index in [1.165, 1.54) is 11.6 Å². The average Bonchev–Trinajstić information content (AvgIpc) is 2.33. The maximum Gasteiger partial charge on any atom is 0.240 e. The smallest absolute Gasteiger partial charge is 0.240 e. The van der Waals surface area contributed by atoms with Gasteiger partial charge in [-0.3, -0.25) is 4.90 Å². The van der Waals surface area contributed by atoms with Crippen LogP contribution in [0.2, 0.25) is 0 Å². The Morgan fingerprint density at radius 2 is 1.94 bits per heavy atom. The van der Waals surface area contributed by atoms with Crippen molar-refractivity contribution >= 4 is 11.8 Å². The number of carbonyl (C=O) groups excluding carboxylic acids is 1. The number of nitrogens with zero attached hydrogens (tertiary/aromatic N) is 2. The molecule has 0 amide bonds. The van der Waals surface area contributed by atoms with E-state index >= 15 is 0 Å². The van der Waals surface area contributed by atoms with E-state index in [0.717, 1.165) is 32.8 Å². The lowest BCUT2D eigenvalue weighted by Gasteiger charge is -2.26. The topological polar surface area (TPSA) is 41.9 Å². The number of aliphatic imine (C=N–C) groups is 1. The third-order valence-corrected chi connectivity index (χ3v) is 2.62. The molecule has 1 aliphatic heterocycles. The fraction of sp³-hybridized carbons (Fsp3) is 0.417. The van der Waals surface area contributed by atoms with Crippen molar-refractivity contribution in [2.45, 2.75) is 6.54 Å². The van der Waals surface area contributed by atoms with Gasteiger partial charge in [-0.15, -0.1) is 0 Å². The molecule has 1 aromatic carbocycles. The van der Waals surface area contributed by atoms with Crippen LogP contribution in [0.3, 0.4) is 0 Å². The molecule has 4 heteroatoms. The minimum atomic E-state index is 0.653. The summed E-state index contributed by atoms with van der Waals surface area (Å²) in [5, 5.41) is 0. The lowest BCUT2D eigenvalue weighted by atomic mass is 10.2. The van der Waals surface area contributed by atoms with Gasteiger partial charge in [-0.25, -0.2) is 4.79 Å². The first-order valence-electron chi connectivity index (χ1n) is 5.35. The Morgan fingerprint density at radius 1 is 1.25 bits per heavy atom. The van der Waals surface area contributed by atoms with Crippen molar-refractivity contribution in [3.8, 4) is 0 Å². The van der Waals surface area contributed by atoms with E-state index in [0.29, 0.717) is 5.69 Å². The normalized spacial score (nSPS) is 16.8. The third kappa shape index (κ3) is 3.00. The second-order valence-corrected chi connectivity index (χ2v) is 3.76. The lowest BCUT2D eigenvalue weighted by molar-refractivity contribution is 0.0342. The first-order chi connectivity index (χ1) is 7.88. The number of isocyanates is 1. The van der Waals surface area contributed by atoms with Crippen molar-refractivity contribution in [3.05, 3.63) is 29.8 Å². The summed E-state index contributed by atoms with van der Waals surface area (Å²) in [5.74, 6) is 0. The monoisotopic (exact) mass is 218 g/mol. The molecule has 0 unspecified atom stereocenters. The maximum absolute atomic E-state index is 10.1. The van der Waals surface area contributed by atoms with Gasteiger partial charge >= 0.3 is 0 Å². The van der Waals surface area contributed by atoms with Gasteiger partial charge in [0.25, 0.3) is 0 Å². The van der Waals surface area contributed by atoms with Crippen LogP contribution in [0.15, 0.2) is 29.3 Å². The molecule has 2 rings (SSSR count). The minimum absolute atomic E-state index is 0.653. The molecule has 0 radical (unpaired) electrons. The predicted molar refractivity (Wildman–Crippen MR) is 60.3 cm³/mol. The van der Waals surface area contributed by atoms with Crippen LogP contribution in [0.25, 0.3) is 0 Å². The molecule has 0 N–H and O–H groups in total. The molecule has 1 heterocycles. The molecule has 0 saturated carbocycles. The maximum atomic E-state index is 10.1. The molecule has 4 nitrogen and oxygen atoms in total. The molecular formula is C12H14N2O2. The summed E-state index contributed by atoms with van der Waals surface area (Å²) < 4.78 is 5.29. The van der Waals surface area contributed by atoms with Gasteiger partial charge in [-0.05, 0) is 17.7 Å². The fourth-order valence-electron chi connectivity index (χ4n) is 1.75. The van der Waals surface area contributed by atoms with Crippen LogP contribution in [-0.4, -0.2) is 37.3 Å². The van der Waals surface area contributed by atoms with Gasteiger partial charge in [-0.1, -0.05) is 12.1 Å². The van der Waals surface area contributed by atoms with Crippen molar-refractivity contribution in [2.24, 2.45) is 4.99 Å². The molecular weight excluding hydrogens is 204 g/mol. The number of rotatable bonds is 3. The molecule has 0 aromatic heterocycles. The minimum Gasteiger partial charge on any atom is -0.379 e. The lowest BCUT2D eigenvalue weighted by Crippen LogP contribution is -2.35. The largest absolute Gasteiger partial charge is 0.379 e. The second kappa shape index (κ2) is 5.56. The fourth-order valence-corrected chi connectivity index (χ4v) is 1.75. The molecule has 0 spiro atoms. The van der Waals surface area contributed by atoms with Crippen LogP contribution in [0.4, 0.5) is 5.69 Å². The summed E-state index contributed by atoms with van der Waals surface area (Å²) in [6, 6.07) is 7.65. The van der Waals surface area contributed by atoms with Crippen LogP contribution in [0.1, 0.15) is 5.56 Å². The highest BCUT2D eigenvalue weighted by atomic mass is 16.5. The quantitative estimate of drug-likeness (QED) is 0.570. The first kappa shape index (κ1) is 11.0. The molecule has 1 aromatic rings. The van der Waals surface area contributed by atoms with Crippen molar-refractivity contribution in [3.63, 3.8) is 0 Å². The van der Waals surface area contributed by atoms with Gasteiger partial charge in [-0.2, -0.15) is 4.99 Å². The Bertz CT molecular complexity index is 377. The Morgan fingerprint density at radius 3 is 2.56 bits per heavy atom. The SMILES string of the molecule is O=C=Nc1ccc(CN2CCOCC2)cc1. The van der Waals surface area contributed by atoms with Crippen LogP contribution in [-0.2, 0) is 16.1 Å². The van der Waals surface area contributed by atoms with E-state index in [9.17, 15) is 4.79 Å². The van der Waals surface area contributed by atoms with E-state index in [-0.39, 0.29) is 0 Å². The predicted octanol–water partition coefficient (Wildman–Crippen LogP) is 1.49. The van der Waals surface area contributed by atoms with Crippen LogP contribution < -0.4 is 0 Å². The summed E-state index contributed by atoms with van der Waals surface area (Å²) in [5.41, 5.74) is 1.88. The Labute approximate surface area is 94.5 Å². The van der Waals surface area contributed by atoms with Gasteiger partial charge in [0.15, 0.2) is 0 Å². The van der Waals surface area contributed by atoms with E-state index in [1.54, 1.807) is 0 Å². The standard InChI is InChI=1S/C12H14N2O2/c15-10-13-12-3-1-11(2-4-12)9-14-5-7-16-8-6-14/h1-4H,5-9H2. The highest BCUT2D eigenvalue weighted by Gasteiger charge is 2.10. The average molecular weight is 218 g/mol. The zero-order valence-electron chi connectivity index (χ0n) is 9.06. The zero-order chi connectivity index (χ0) is 11.2. The van der Waals surface area contributed by atoms with Crippen molar-refractivity contribution < 1.29 is 9.53 Å². The van der Waals surface area contributed by atoms with Gasteiger partial charge in [0, 0.05) is 19.6 Å². The summed E-state index contributed by atoms with van der Waals surface area (Å²) in [6.45, 7) is 4.51. The van der Waals surface area contributed by atoms with E-state index < -0.39 is 0 Å². The molecule has 0 atom stereocenters. The van der Waals surface area contributed by atoms with Gasteiger partial charge < -0.3 is 4.74 Å². The molecule has 1 fully saturated rings. The van der Waals surface area contributed by atoms with Crippen molar-refractivity contribution in [1.29, 1.82) is 0 Å². The van der Waals surface area contributed by atoms with Gasteiger partial charge in [0.2, 0.25) is 6.08 Å². The highest BCUT2D eigenvalue weighted by Crippen LogP contribution is 2.14. The van der Waals surface area contributed by atoms with Crippen molar-refractivity contribution in [1.82, 2.24) is 4.90 Å². The molecule has 84 valence electrons. The summed E-state index contributed by atoms with van der Waals surface area (Å²) in [7, 11) is 0. The number of hydrogen-bond acceptors (Lipinski definition) is 4. The van der Waals surface area contributed by atoms with E-state index in [2.05, 4.69) is 9.89 Å². The molecule has 0 bridgehead atoms. The number of hydrogen-bond donors (Lipinski definition) is 0. The van der Waals surface area contributed by atoms with Crippen molar-refractivity contribution in [2.75, 3.05) is 26.3 Å². The number of benzene rings is 1. The number of ether oxygens (including phenoxy) is 1. The van der Waals surface area contributed by atoms with Gasteiger partial charge in [0.05, 0.1) is 18.9 Å². The zero-order valence-corrected chi connectivity index (χ0v) is 9.06. The van der Waals surface area contributed by atoms with Crippen LogP contribution in [0.5, 0.6) is 0 Å². The Balaban J connectivity index is 1.96. The third-order valence-electron chi connectivity index (χ3n) is 2.62. The molecule has 0 aliphatic carbocycles. The second-order valence-electron chi connectivity index (χ2n) is 3.76. The van der Waals surface area contributed by atoms with Gasteiger partial charge in [0.1, 0.15) is 0 Å². The van der Waals surface area contributed by atoms with Crippen LogP contribution >= 0.6 is 0 Å². The Hall–Kier alpha value is -1.48. The van der Waals surface area contributed by atoms with Crippen LogP contribution in [0, 0.1) is 0 Å². The molecule has 1 aliphatic rings. The first-order valence-corrected chi connectivity index (χ1v) is 5.35. The van der Waals surface area contributed by atoms with E-state index in [1.807, 2.05) is 24.3 Å². The summed E-state index contributed by atoms with van der Waals surface area (Å²) in [4.78, 5) is 16.0. The molecule has 16 heavy (non-hydrogen) atoms. The Kier molecular flexibility index (Phi) is 3.83. The van der Waals surface area contributed by atoms with E-state index in [4.69, 9.17) is 4.74 Å².